The van der Waals surface area contributed by atoms with Gasteiger partial charge in [0.05, 0.1) is 17.3 Å². The number of rotatable bonds is 7. The fraction of sp³-hybridized carbons (Fsp3) is 0.526. The molecule has 2 aliphatic rings. The lowest BCUT2D eigenvalue weighted by molar-refractivity contribution is -0.130. The molecule has 1 aromatic carbocycles. The Hall–Kier alpha value is -1.87. The lowest BCUT2D eigenvalue weighted by atomic mass is 10.1. The summed E-state index contributed by atoms with van der Waals surface area (Å²) < 4.78 is 26.0. The van der Waals surface area contributed by atoms with Gasteiger partial charge in [-0.15, -0.1) is 10.2 Å². The molecule has 0 unspecified atom stereocenters. The molecule has 2 aromatic rings. The predicted molar refractivity (Wildman–Crippen MR) is 108 cm³/mol. The largest absolute Gasteiger partial charge is 0.334 e. The molecule has 0 radical (unpaired) electrons. The van der Waals surface area contributed by atoms with Crippen LogP contribution in [0.25, 0.3) is 0 Å². The fourth-order valence-corrected chi connectivity index (χ4v) is 6.30. The van der Waals surface area contributed by atoms with E-state index in [0.717, 1.165) is 29.4 Å². The monoisotopic (exact) mass is 420 g/mol. The number of aromatic nitrogens is 3. The van der Waals surface area contributed by atoms with E-state index in [-0.39, 0.29) is 29.2 Å². The normalized spacial score (nSPS) is 21.0. The Kier molecular flexibility index (Phi) is 5.46. The fourth-order valence-electron chi connectivity index (χ4n) is 3.63. The summed E-state index contributed by atoms with van der Waals surface area (Å²) in [6.07, 6.45) is 2.75. The summed E-state index contributed by atoms with van der Waals surface area (Å²) in [7, 11) is -3.07. The van der Waals surface area contributed by atoms with E-state index in [9.17, 15) is 13.2 Å². The first-order valence-electron chi connectivity index (χ1n) is 9.51. The van der Waals surface area contributed by atoms with Crippen molar-refractivity contribution in [1.82, 2.24) is 19.7 Å². The highest BCUT2D eigenvalue weighted by atomic mass is 32.2. The van der Waals surface area contributed by atoms with Crippen molar-refractivity contribution in [3.05, 3.63) is 41.7 Å². The lowest BCUT2D eigenvalue weighted by Crippen LogP contribution is -2.41. The highest BCUT2D eigenvalue weighted by Gasteiger charge is 2.35. The summed E-state index contributed by atoms with van der Waals surface area (Å²) in [6.45, 7) is 2.36. The molecule has 9 heteroatoms. The Morgan fingerprint density at radius 1 is 1.21 bits per heavy atom. The Morgan fingerprint density at radius 2 is 1.96 bits per heavy atom. The molecule has 0 N–H and O–H groups in total. The lowest BCUT2D eigenvalue weighted by Gasteiger charge is -2.28. The summed E-state index contributed by atoms with van der Waals surface area (Å²) in [6, 6.07) is 9.90. The first-order chi connectivity index (χ1) is 13.4. The molecule has 1 aliphatic heterocycles. The third-order valence-electron chi connectivity index (χ3n) is 5.24. The second-order valence-electron chi connectivity index (χ2n) is 7.48. The predicted octanol–water partition coefficient (Wildman–Crippen LogP) is 2.23. The van der Waals surface area contributed by atoms with Crippen LogP contribution < -0.4 is 0 Å². The summed E-state index contributed by atoms with van der Waals surface area (Å²) in [5.74, 6) is 1.25. The van der Waals surface area contributed by atoms with E-state index < -0.39 is 9.84 Å². The third-order valence-corrected chi connectivity index (χ3v) is 7.92. The van der Waals surface area contributed by atoms with Gasteiger partial charge in [0, 0.05) is 18.6 Å². The Labute approximate surface area is 169 Å². The highest BCUT2D eigenvalue weighted by Crippen LogP contribution is 2.38. The topological polar surface area (TPSA) is 85.2 Å². The van der Waals surface area contributed by atoms with Gasteiger partial charge in [-0.25, -0.2) is 8.42 Å². The molecule has 1 aliphatic carbocycles. The van der Waals surface area contributed by atoms with Crippen LogP contribution in [0.2, 0.25) is 0 Å². The van der Waals surface area contributed by atoms with E-state index in [1.54, 1.807) is 4.90 Å². The molecular weight excluding hydrogens is 396 g/mol. The van der Waals surface area contributed by atoms with Crippen LogP contribution in [0.1, 0.15) is 36.7 Å². The number of nitrogens with zero attached hydrogens (tertiary/aromatic N) is 4. The number of carbonyl (C=O) groups is 1. The van der Waals surface area contributed by atoms with Gasteiger partial charge in [0.1, 0.15) is 5.82 Å². The van der Waals surface area contributed by atoms with Gasteiger partial charge >= 0.3 is 0 Å². The van der Waals surface area contributed by atoms with Crippen LogP contribution in [0.3, 0.4) is 0 Å². The van der Waals surface area contributed by atoms with Crippen molar-refractivity contribution < 1.29 is 13.2 Å². The van der Waals surface area contributed by atoms with Gasteiger partial charge in [-0.3, -0.25) is 4.79 Å². The van der Waals surface area contributed by atoms with Crippen molar-refractivity contribution in [3.63, 3.8) is 0 Å². The zero-order valence-electron chi connectivity index (χ0n) is 15.8. The van der Waals surface area contributed by atoms with Crippen LogP contribution in [-0.4, -0.2) is 57.3 Å². The van der Waals surface area contributed by atoms with Crippen LogP contribution in [0.15, 0.2) is 35.5 Å². The molecule has 1 aromatic heterocycles. The molecule has 1 saturated heterocycles. The van der Waals surface area contributed by atoms with Crippen LogP contribution in [0, 0.1) is 6.92 Å². The minimum Gasteiger partial charge on any atom is -0.334 e. The number of sulfone groups is 1. The maximum Gasteiger partial charge on any atom is 0.233 e. The highest BCUT2D eigenvalue weighted by molar-refractivity contribution is 7.99. The minimum atomic E-state index is -3.07. The molecule has 7 nitrogen and oxygen atoms in total. The first kappa shape index (κ1) is 19.4. The quantitative estimate of drug-likeness (QED) is 0.639. The summed E-state index contributed by atoms with van der Waals surface area (Å²) in [5, 5.41) is 9.15. The number of hydrogen-bond donors (Lipinski definition) is 0. The smallest absolute Gasteiger partial charge is 0.233 e. The van der Waals surface area contributed by atoms with Gasteiger partial charge in [-0.05, 0) is 31.7 Å². The van der Waals surface area contributed by atoms with E-state index in [4.69, 9.17) is 0 Å². The van der Waals surface area contributed by atoms with Crippen LogP contribution in [0.4, 0.5) is 0 Å². The van der Waals surface area contributed by atoms with Crippen molar-refractivity contribution in [2.24, 2.45) is 0 Å². The third kappa shape index (κ3) is 4.41. The van der Waals surface area contributed by atoms with Gasteiger partial charge < -0.3 is 9.47 Å². The molecule has 1 amide bonds. The molecule has 2 fully saturated rings. The second kappa shape index (κ2) is 7.87. The van der Waals surface area contributed by atoms with Crippen molar-refractivity contribution in [1.29, 1.82) is 0 Å². The second-order valence-corrected chi connectivity index (χ2v) is 10.7. The van der Waals surface area contributed by atoms with E-state index in [2.05, 4.69) is 14.8 Å². The van der Waals surface area contributed by atoms with Crippen molar-refractivity contribution in [2.45, 2.75) is 50.0 Å². The van der Waals surface area contributed by atoms with Crippen molar-refractivity contribution in [3.8, 4) is 0 Å². The van der Waals surface area contributed by atoms with E-state index in [1.807, 2.05) is 37.3 Å². The zero-order chi connectivity index (χ0) is 19.7. The number of amides is 1. The molecular formula is C19H24N4O3S2. The Balaban J connectivity index is 1.48. The molecule has 1 saturated carbocycles. The van der Waals surface area contributed by atoms with Gasteiger partial charge in [0.2, 0.25) is 5.91 Å². The number of aryl methyl sites for hydroxylation is 1. The Bertz CT molecular complexity index is 955. The van der Waals surface area contributed by atoms with E-state index in [0.29, 0.717) is 19.0 Å². The number of carbonyl (C=O) groups excluding carboxylic acids is 1. The molecule has 4 rings (SSSR count). The van der Waals surface area contributed by atoms with Crippen LogP contribution in [0.5, 0.6) is 0 Å². The number of thioether (sulfide) groups is 1. The average Bonchev–Trinajstić information content (AvgIpc) is 3.35. The standard InChI is InChI=1S/C19H24N4O3S2/c1-14-20-21-19(23(14)16-7-8-16)27-12-18(24)22(11-15-5-3-2-4-6-15)17-9-10-28(25,26)13-17/h2-6,16-17H,7-13H2,1H3/t17-/m0/s1. The average molecular weight is 421 g/mol. The van der Waals surface area contributed by atoms with Crippen LogP contribution >= 0.6 is 11.8 Å². The Morgan fingerprint density at radius 3 is 2.61 bits per heavy atom. The van der Waals surface area contributed by atoms with Gasteiger partial charge in [-0.1, -0.05) is 42.1 Å². The van der Waals surface area contributed by atoms with Gasteiger partial charge in [-0.2, -0.15) is 0 Å². The number of hydrogen-bond acceptors (Lipinski definition) is 6. The first-order valence-corrected chi connectivity index (χ1v) is 12.3. The van der Waals surface area contributed by atoms with Gasteiger partial charge in [0.25, 0.3) is 0 Å². The summed E-state index contributed by atoms with van der Waals surface area (Å²) >= 11 is 1.39. The van der Waals surface area contributed by atoms with Gasteiger partial charge in [0.15, 0.2) is 15.0 Å². The SMILES string of the molecule is Cc1nnc(SCC(=O)N(Cc2ccccc2)[C@H]2CCS(=O)(=O)C2)n1C1CC1. The summed E-state index contributed by atoms with van der Waals surface area (Å²) in [5.41, 5.74) is 1.00. The van der Waals surface area contributed by atoms with Crippen molar-refractivity contribution in [2.75, 3.05) is 17.3 Å². The summed E-state index contributed by atoms with van der Waals surface area (Å²) in [4.78, 5) is 14.8. The molecule has 150 valence electrons. The maximum absolute atomic E-state index is 13.1. The minimum absolute atomic E-state index is 0.0492. The van der Waals surface area contributed by atoms with E-state index >= 15 is 0 Å². The molecule has 1 atom stereocenters. The molecule has 0 spiro atoms. The molecule has 2 heterocycles. The van der Waals surface area contributed by atoms with Crippen molar-refractivity contribution >= 4 is 27.5 Å². The molecule has 0 bridgehead atoms. The van der Waals surface area contributed by atoms with Crippen LogP contribution in [-0.2, 0) is 21.2 Å². The zero-order valence-corrected chi connectivity index (χ0v) is 17.5. The maximum atomic E-state index is 13.1. The van der Waals surface area contributed by atoms with E-state index in [1.165, 1.54) is 11.8 Å². The molecule has 28 heavy (non-hydrogen) atoms. The number of benzene rings is 1.